The highest BCUT2D eigenvalue weighted by Crippen LogP contribution is 2.39. The lowest BCUT2D eigenvalue weighted by atomic mass is 9.97. The van der Waals surface area contributed by atoms with E-state index in [2.05, 4.69) is 4.98 Å². The molecule has 1 unspecified atom stereocenters. The number of carbonyl (C=O) groups excluding carboxylic acids is 2. The van der Waals surface area contributed by atoms with Crippen LogP contribution in [0, 0.1) is 12.7 Å². The Morgan fingerprint density at radius 3 is 2.53 bits per heavy atom. The van der Waals surface area contributed by atoms with Crippen LogP contribution >= 0.6 is 0 Å². The highest BCUT2D eigenvalue weighted by molar-refractivity contribution is 6.46. The molecule has 1 N–H and O–H groups in total. The van der Waals surface area contributed by atoms with Gasteiger partial charge in [0.05, 0.1) is 17.9 Å². The average Bonchev–Trinajstić information content (AvgIpc) is 3.10. The molecule has 1 saturated heterocycles. The van der Waals surface area contributed by atoms with Crippen molar-refractivity contribution in [3.63, 3.8) is 0 Å². The maximum absolute atomic E-state index is 13.3. The molecule has 4 rings (SSSR count). The van der Waals surface area contributed by atoms with Crippen molar-refractivity contribution in [3.8, 4) is 5.75 Å². The fourth-order valence-electron chi connectivity index (χ4n) is 4.13. The van der Waals surface area contributed by atoms with Gasteiger partial charge >= 0.3 is 0 Å². The summed E-state index contributed by atoms with van der Waals surface area (Å²) in [5.74, 6) is -1.39. The summed E-state index contributed by atoms with van der Waals surface area (Å²) in [7, 11) is 0. The van der Waals surface area contributed by atoms with Crippen LogP contribution in [0.5, 0.6) is 5.75 Å². The molecule has 0 spiro atoms. The lowest BCUT2D eigenvalue weighted by molar-refractivity contribution is -0.139. The van der Waals surface area contributed by atoms with E-state index in [0.717, 1.165) is 11.1 Å². The summed E-state index contributed by atoms with van der Waals surface area (Å²) in [6.07, 6.45) is 2.00. The summed E-state index contributed by atoms with van der Waals surface area (Å²) in [4.78, 5) is 31.9. The van der Waals surface area contributed by atoms with E-state index >= 15 is 0 Å². The Balaban J connectivity index is 1.74. The third kappa shape index (κ3) is 4.55. The number of halogens is 1. The Kier molecular flexibility index (Phi) is 6.72. The molecule has 0 bridgehead atoms. The second kappa shape index (κ2) is 9.87. The highest BCUT2D eigenvalue weighted by atomic mass is 19.1. The van der Waals surface area contributed by atoms with Crippen molar-refractivity contribution in [3.05, 3.63) is 101 Å². The highest BCUT2D eigenvalue weighted by Gasteiger charge is 2.46. The van der Waals surface area contributed by atoms with Crippen LogP contribution in [-0.2, 0) is 16.0 Å². The second-order valence-corrected chi connectivity index (χ2v) is 8.04. The zero-order valence-electron chi connectivity index (χ0n) is 19.0. The fourth-order valence-corrected chi connectivity index (χ4v) is 4.13. The summed E-state index contributed by atoms with van der Waals surface area (Å²) in [6, 6.07) is 15.5. The molecule has 1 aliphatic rings. The number of nitrogens with zero attached hydrogens (tertiary/aromatic N) is 2. The minimum Gasteiger partial charge on any atom is -0.507 e. The van der Waals surface area contributed by atoms with Gasteiger partial charge in [-0.2, -0.15) is 0 Å². The van der Waals surface area contributed by atoms with Crippen molar-refractivity contribution in [1.29, 1.82) is 0 Å². The number of hydrogen-bond donors (Lipinski definition) is 1. The van der Waals surface area contributed by atoms with E-state index in [1.54, 1.807) is 54.7 Å². The van der Waals surface area contributed by atoms with Gasteiger partial charge in [0.1, 0.15) is 23.4 Å². The van der Waals surface area contributed by atoms with Crippen molar-refractivity contribution in [2.24, 2.45) is 0 Å². The third-order valence-corrected chi connectivity index (χ3v) is 5.81. The Labute approximate surface area is 197 Å². The van der Waals surface area contributed by atoms with E-state index in [-0.39, 0.29) is 23.7 Å². The van der Waals surface area contributed by atoms with Crippen molar-refractivity contribution >= 4 is 17.4 Å². The third-order valence-electron chi connectivity index (χ3n) is 5.81. The zero-order chi connectivity index (χ0) is 24.2. The first-order chi connectivity index (χ1) is 16.4. The number of carbonyl (C=O) groups is 2. The second-order valence-electron chi connectivity index (χ2n) is 8.04. The Hall–Kier alpha value is -4.00. The first kappa shape index (κ1) is 23.2. The van der Waals surface area contributed by atoms with Crippen LogP contribution < -0.4 is 4.74 Å². The maximum Gasteiger partial charge on any atom is 0.295 e. The van der Waals surface area contributed by atoms with E-state index in [4.69, 9.17) is 4.74 Å². The quantitative estimate of drug-likeness (QED) is 0.317. The molecule has 3 aromatic rings. The number of benzene rings is 2. The molecule has 0 saturated carbocycles. The van der Waals surface area contributed by atoms with Crippen molar-refractivity contribution in [1.82, 2.24) is 9.88 Å². The smallest absolute Gasteiger partial charge is 0.295 e. The minimum atomic E-state index is -0.839. The maximum atomic E-state index is 13.3. The lowest BCUT2D eigenvalue weighted by Crippen LogP contribution is -2.32. The Bertz CT molecular complexity index is 1240. The number of pyridine rings is 1. The van der Waals surface area contributed by atoms with Crippen molar-refractivity contribution in [2.75, 3.05) is 13.2 Å². The van der Waals surface area contributed by atoms with Gasteiger partial charge in [-0.05, 0) is 73.9 Å². The van der Waals surface area contributed by atoms with Crippen LogP contribution in [-0.4, -0.2) is 39.8 Å². The number of aliphatic hydroxyl groups excluding tert-OH is 1. The number of hydrogen-bond acceptors (Lipinski definition) is 5. The van der Waals surface area contributed by atoms with Gasteiger partial charge in [0, 0.05) is 18.3 Å². The van der Waals surface area contributed by atoms with Crippen LogP contribution in [0.15, 0.2) is 72.4 Å². The number of rotatable bonds is 7. The summed E-state index contributed by atoms with van der Waals surface area (Å²) in [5.41, 5.74) is 2.51. The van der Waals surface area contributed by atoms with Crippen LogP contribution in [0.25, 0.3) is 5.76 Å². The number of aliphatic hydroxyl groups is 1. The van der Waals surface area contributed by atoms with Crippen molar-refractivity contribution < 1.29 is 23.8 Å². The molecule has 0 radical (unpaired) electrons. The summed E-state index contributed by atoms with van der Waals surface area (Å²) < 4.78 is 18.8. The molecule has 1 aromatic heterocycles. The average molecular weight is 461 g/mol. The first-order valence-electron chi connectivity index (χ1n) is 11.1. The van der Waals surface area contributed by atoms with Gasteiger partial charge in [-0.15, -0.1) is 0 Å². The number of aryl methyl sites for hydroxylation is 1. The van der Waals surface area contributed by atoms with E-state index in [1.165, 1.54) is 17.0 Å². The SMILES string of the molecule is CCOc1ccc(/C(O)=C2/C(=O)C(=O)N(CCc3ccc(F)cc3)C2c2ccccn2)cc1C. The van der Waals surface area contributed by atoms with E-state index < -0.39 is 17.7 Å². The molecule has 2 heterocycles. The Morgan fingerprint density at radius 2 is 1.88 bits per heavy atom. The topological polar surface area (TPSA) is 79.7 Å². The standard InChI is InChI=1S/C27H25FN2O4/c1-3-34-22-12-9-19(16-17(22)2)25(31)23-24(21-6-4-5-14-29-21)30(27(33)26(23)32)15-13-18-7-10-20(28)11-8-18/h4-12,14,16,24,31H,3,13,15H2,1-2H3/b25-23-. The molecule has 0 aliphatic carbocycles. The van der Waals surface area contributed by atoms with Gasteiger partial charge in [-0.25, -0.2) is 4.39 Å². The lowest BCUT2D eigenvalue weighted by Gasteiger charge is -2.24. The van der Waals surface area contributed by atoms with E-state index in [9.17, 15) is 19.1 Å². The predicted molar refractivity (Wildman–Crippen MR) is 126 cm³/mol. The molecule has 174 valence electrons. The monoisotopic (exact) mass is 460 g/mol. The van der Waals surface area contributed by atoms with Crippen LogP contribution in [0.3, 0.4) is 0 Å². The summed E-state index contributed by atoms with van der Waals surface area (Å²) in [5, 5.41) is 11.2. The van der Waals surface area contributed by atoms with Gasteiger partial charge in [0.25, 0.3) is 11.7 Å². The first-order valence-corrected chi connectivity index (χ1v) is 11.1. The molecule has 1 fully saturated rings. The number of Topliss-reactive ketones (excluding diaryl/α,β-unsaturated/α-hetero) is 1. The normalized spacial score (nSPS) is 17.3. The molecule has 6 nitrogen and oxygen atoms in total. The van der Waals surface area contributed by atoms with Gasteiger partial charge in [0.15, 0.2) is 0 Å². The van der Waals surface area contributed by atoms with Gasteiger partial charge in [0.2, 0.25) is 0 Å². The predicted octanol–water partition coefficient (Wildman–Crippen LogP) is 4.59. The molecule has 2 aromatic carbocycles. The van der Waals surface area contributed by atoms with Gasteiger partial charge < -0.3 is 14.7 Å². The Morgan fingerprint density at radius 1 is 1.12 bits per heavy atom. The van der Waals surface area contributed by atoms with Crippen LogP contribution in [0.1, 0.15) is 35.3 Å². The number of ketones is 1. The van der Waals surface area contributed by atoms with E-state index in [1.807, 2.05) is 13.8 Å². The minimum absolute atomic E-state index is 0.00799. The van der Waals surface area contributed by atoms with Gasteiger partial charge in [-0.3, -0.25) is 14.6 Å². The number of likely N-dealkylation sites (tertiary alicyclic amines) is 1. The summed E-state index contributed by atoms with van der Waals surface area (Å²) in [6.45, 7) is 4.44. The molecule has 1 amide bonds. The zero-order valence-corrected chi connectivity index (χ0v) is 19.0. The molecular weight excluding hydrogens is 435 g/mol. The number of ether oxygens (including phenoxy) is 1. The number of amides is 1. The molecule has 7 heteroatoms. The molecular formula is C27H25FN2O4. The fraction of sp³-hybridized carbons (Fsp3) is 0.222. The van der Waals surface area contributed by atoms with Gasteiger partial charge in [-0.1, -0.05) is 18.2 Å². The summed E-state index contributed by atoms with van der Waals surface area (Å²) >= 11 is 0. The molecule has 34 heavy (non-hydrogen) atoms. The van der Waals surface area contributed by atoms with Crippen LogP contribution in [0.4, 0.5) is 4.39 Å². The van der Waals surface area contributed by atoms with E-state index in [0.29, 0.717) is 30.0 Å². The molecule has 1 aliphatic heterocycles. The van der Waals surface area contributed by atoms with Crippen LogP contribution in [0.2, 0.25) is 0 Å². The largest absolute Gasteiger partial charge is 0.507 e. The number of aromatic nitrogens is 1. The molecule has 1 atom stereocenters. The van der Waals surface area contributed by atoms with Crippen molar-refractivity contribution in [2.45, 2.75) is 26.3 Å².